The maximum absolute atomic E-state index is 13.8. The molecule has 0 aliphatic carbocycles. The average Bonchev–Trinajstić information content (AvgIpc) is 2.84. The summed E-state index contributed by atoms with van der Waals surface area (Å²) in [5, 5.41) is 2.94. The molecule has 0 saturated heterocycles. The summed E-state index contributed by atoms with van der Waals surface area (Å²) in [5.41, 5.74) is 5.08. The Bertz CT molecular complexity index is 1110. The zero-order valence-electron chi connectivity index (χ0n) is 20.5. The van der Waals surface area contributed by atoms with Gasteiger partial charge >= 0.3 is 0 Å². The van der Waals surface area contributed by atoms with Crippen molar-refractivity contribution < 1.29 is 14.3 Å². The molecule has 0 unspecified atom stereocenters. The fraction of sp³-hybridized carbons (Fsp3) is 0.310. The number of carbonyl (C=O) groups excluding carboxylic acids is 2. The Morgan fingerprint density at radius 2 is 1.68 bits per heavy atom. The molecular weight excluding hydrogens is 424 g/mol. The van der Waals surface area contributed by atoms with Crippen LogP contribution in [0.5, 0.6) is 5.75 Å². The number of hydrogen-bond donors (Lipinski definition) is 1. The van der Waals surface area contributed by atoms with Gasteiger partial charge in [0, 0.05) is 19.5 Å². The van der Waals surface area contributed by atoms with Crippen LogP contribution in [0.15, 0.2) is 72.8 Å². The monoisotopic (exact) mass is 458 g/mol. The molecule has 5 heteroatoms. The second-order valence-corrected chi connectivity index (χ2v) is 8.58. The number of hydrogen-bond acceptors (Lipinski definition) is 3. The Morgan fingerprint density at radius 1 is 0.941 bits per heavy atom. The van der Waals surface area contributed by atoms with Crippen molar-refractivity contribution in [2.45, 2.75) is 46.2 Å². The van der Waals surface area contributed by atoms with Gasteiger partial charge in [-0.3, -0.25) is 9.59 Å². The van der Waals surface area contributed by atoms with Gasteiger partial charge in [-0.1, -0.05) is 66.2 Å². The maximum atomic E-state index is 13.8. The Labute approximate surface area is 202 Å². The second kappa shape index (κ2) is 12.0. The summed E-state index contributed by atoms with van der Waals surface area (Å²) in [6.07, 6.45) is 0.678. The highest BCUT2D eigenvalue weighted by molar-refractivity contribution is 5.89. The van der Waals surface area contributed by atoms with Crippen LogP contribution in [0.2, 0.25) is 0 Å². The Balaban J connectivity index is 1.99. The molecule has 178 valence electrons. The lowest BCUT2D eigenvalue weighted by Crippen LogP contribution is -2.51. The number of ether oxygens (including phenoxy) is 1. The third kappa shape index (κ3) is 6.70. The van der Waals surface area contributed by atoms with Gasteiger partial charge in [0.05, 0.1) is 13.5 Å². The molecule has 0 bridgehead atoms. The SMILES string of the molecule is CCNC(=O)[C@H](Cc1ccccc1)N(Cc1cccc(OC)c1)C(=O)Cc1cc(C)ccc1C. The number of likely N-dealkylation sites (N-methyl/N-ethyl adjacent to an activating group) is 1. The molecule has 3 aromatic rings. The first-order valence-corrected chi connectivity index (χ1v) is 11.7. The zero-order chi connectivity index (χ0) is 24.5. The van der Waals surface area contributed by atoms with Crippen LogP contribution >= 0.6 is 0 Å². The molecule has 3 rings (SSSR count). The van der Waals surface area contributed by atoms with Gasteiger partial charge in [-0.25, -0.2) is 0 Å². The lowest BCUT2D eigenvalue weighted by Gasteiger charge is -2.32. The number of rotatable bonds is 10. The van der Waals surface area contributed by atoms with E-state index in [1.165, 1.54) is 0 Å². The summed E-state index contributed by atoms with van der Waals surface area (Å²) < 4.78 is 5.38. The first-order chi connectivity index (χ1) is 16.4. The molecule has 0 aliphatic rings. The highest BCUT2D eigenvalue weighted by Crippen LogP contribution is 2.20. The first kappa shape index (κ1) is 25.0. The van der Waals surface area contributed by atoms with Crippen molar-refractivity contribution in [2.24, 2.45) is 0 Å². The predicted molar refractivity (Wildman–Crippen MR) is 136 cm³/mol. The van der Waals surface area contributed by atoms with Crippen LogP contribution in [0.25, 0.3) is 0 Å². The molecule has 1 N–H and O–H groups in total. The summed E-state index contributed by atoms with van der Waals surface area (Å²) in [7, 11) is 1.62. The van der Waals surface area contributed by atoms with Crippen molar-refractivity contribution in [3.8, 4) is 5.75 Å². The van der Waals surface area contributed by atoms with Gasteiger partial charge in [-0.15, -0.1) is 0 Å². The van der Waals surface area contributed by atoms with Crippen molar-refractivity contribution in [2.75, 3.05) is 13.7 Å². The molecule has 0 radical (unpaired) electrons. The van der Waals surface area contributed by atoms with E-state index in [9.17, 15) is 9.59 Å². The number of aryl methyl sites for hydroxylation is 2. The van der Waals surface area contributed by atoms with Crippen LogP contribution in [-0.4, -0.2) is 36.4 Å². The predicted octanol–water partition coefficient (Wildman–Crippen LogP) is 4.63. The lowest BCUT2D eigenvalue weighted by atomic mass is 9.99. The molecule has 2 amide bonds. The smallest absolute Gasteiger partial charge is 0.243 e. The fourth-order valence-corrected chi connectivity index (χ4v) is 4.07. The van der Waals surface area contributed by atoms with Crippen molar-refractivity contribution in [1.82, 2.24) is 10.2 Å². The molecule has 5 nitrogen and oxygen atoms in total. The lowest BCUT2D eigenvalue weighted by molar-refractivity contribution is -0.140. The van der Waals surface area contributed by atoms with E-state index in [4.69, 9.17) is 4.74 Å². The van der Waals surface area contributed by atoms with E-state index in [1.807, 2.05) is 87.5 Å². The summed E-state index contributed by atoms with van der Waals surface area (Å²) in [6.45, 7) is 6.74. The van der Waals surface area contributed by atoms with E-state index in [0.717, 1.165) is 33.6 Å². The Kier molecular flexibility index (Phi) is 8.86. The number of methoxy groups -OCH3 is 1. The van der Waals surface area contributed by atoms with Crippen molar-refractivity contribution in [3.63, 3.8) is 0 Å². The molecule has 0 saturated carbocycles. The molecular formula is C29H34N2O3. The minimum atomic E-state index is -0.633. The normalized spacial score (nSPS) is 11.5. The Hall–Kier alpha value is -3.60. The third-order valence-electron chi connectivity index (χ3n) is 5.96. The summed E-state index contributed by atoms with van der Waals surface area (Å²) in [6, 6.07) is 23.0. The van der Waals surface area contributed by atoms with E-state index in [-0.39, 0.29) is 18.2 Å². The largest absolute Gasteiger partial charge is 0.497 e. The molecule has 1 atom stereocenters. The highest BCUT2D eigenvalue weighted by Gasteiger charge is 2.30. The quantitative estimate of drug-likeness (QED) is 0.482. The van der Waals surface area contributed by atoms with Gasteiger partial charge in [0.15, 0.2) is 0 Å². The topological polar surface area (TPSA) is 58.6 Å². The average molecular weight is 459 g/mol. The fourth-order valence-electron chi connectivity index (χ4n) is 4.07. The standard InChI is InChI=1S/C29H34N2O3/c1-5-30-29(33)27(18-23-10-7-6-8-11-23)31(20-24-12-9-13-26(17-24)34-4)28(32)19-25-16-21(2)14-15-22(25)3/h6-17,27H,5,18-20H2,1-4H3,(H,30,33)/t27-/m0/s1. The zero-order valence-corrected chi connectivity index (χ0v) is 20.5. The van der Waals surface area contributed by atoms with Crippen LogP contribution in [0.3, 0.4) is 0 Å². The van der Waals surface area contributed by atoms with E-state index >= 15 is 0 Å². The van der Waals surface area contributed by atoms with Gasteiger partial charge in [0.2, 0.25) is 11.8 Å². The van der Waals surface area contributed by atoms with E-state index < -0.39 is 6.04 Å². The molecule has 0 aromatic heterocycles. The highest BCUT2D eigenvalue weighted by atomic mass is 16.5. The van der Waals surface area contributed by atoms with Crippen LogP contribution in [0.4, 0.5) is 0 Å². The minimum absolute atomic E-state index is 0.0799. The number of nitrogens with one attached hydrogen (secondary N) is 1. The van der Waals surface area contributed by atoms with Gasteiger partial charge < -0.3 is 15.0 Å². The van der Waals surface area contributed by atoms with E-state index in [2.05, 4.69) is 11.4 Å². The molecule has 0 fully saturated rings. The molecule has 0 spiro atoms. The van der Waals surface area contributed by atoms with E-state index in [1.54, 1.807) is 12.0 Å². The first-order valence-electron chi connectivity index (χ1n) is 11.7. The van der Waals surface area contributed by atoms with Gasteiger partial charge in [-0.2, -0.15) is 0 Å². The van der Waals surface area contributed by atoms with Gasteiger partial charge in [-0.05, 0) is 55.2 Å². The van der Waals surface area contributed by atoms with Gasteiger partial charge in [0.25, 0.3) is 0 Å². The van der Waals surface area contributed by atoms with Crippen molar-refractivity contribution >= 4 is 11.8 Å². The van der Waals surface area contributed by atoms with Gasteiger partial charge in [0.1, 0.15) is 11.8 Å². The molecule has 0 aliphatic heterocycles. The summed E-state index contributed by atoms with van der Waals surface area (Å²) in [4.78, 5) is 28.8. The summed E-state index contributed by atoms with van der Waals surface area (Å²) >= 11 is 0. The number of carbonyl (C=O) groups is 2. The van der Waals surface area contributed by atoms with Crippen LogP contribution < -0.4 is 10.1 Å². The third-order valence-corrected chi connectivity index (χ3v) is 5.96. The molecule has 34 heavy (non-hydrogen) atoms. The van der Waals surface area contributed by atoms with E-state index in [0.29, 0.717) is 19.5 Å². The number of benzene rings is 3. The van der Waals surface area contributed by atoms with Crippen molar-refractivity contribution in [3.05, 3.63) is 101 Å². The van der Waals surface area contributed by atoms with Crippen LogP contribution in [0.1, 0.15) is 34.7 Å². The van der Waals surface area contributed by atoms with Crippen LogP contribution in [0, 0.1) is 13.8 Å². The molecule has 0 heterocycles. The molecule has 3 aromatic carbocycles. The maximum Gasteiger partial charge on any atom is 0.243 e. The Morgan fingerprint density at radius 3 is 2.38 bits per heavy atom. The number of nitrogens with zero attached hydrogens (tertiary/aromatic N) is 1. The minimum Gasteiger partial charge on any atom is -0.497 e. The van der Waals surface area contributed by atoms with Crippen molar-refractivity contribution in [1.29, 1.82) is 0 Å². The summed E-state index contributed by atoms with van der Waals surface area (Å²) in [5.74, 6) is 0.490. The van der Waals surface area contributed by atoms with Crippen LogP contribution in [-0.2, 0) is 29.0 Å². The number of amides is 2. The second-order valence-electron chi connectivity index (χ2n) is 8.58.